The molecule has 1 heterocycles. The minimum atomic E-state index is -0.600. The summed E-state index contributed by atoms with van der Waals surface area (Å²) in [4.78, 5) is 46.9. The summed E-state index contributed by atoms with van der Waals surface area (Å²) in [5, 5.41) is 3.14. The number of rotatable bonds is 32. The van der Waals surface area contributed by atoms with Crippen molar-refractivity contribution in [2.24, 2.45) is 0 Å². The van der Waals surface area contributed by atoms with Gasteiger partial charge in [-0.15, -0.1) is 0 Å². The maximum atomic E-state index is 13.9. The lowest BCUT2D eigenvalue weighted by atomic mass is 10.0. The van der Waals surface area contributed by atoms with Crippen molar-refractivity contribution in [3.63, 3.8) is 0 Å². The maximum Gasteiger partial charge on any atom is 0.306 e. The van der Waals surface area contributed by atoms with Crippen LogP contribution in [-0.4, -0.2) is 105 Å². The van der Waals surface area contributed by atoms with Gasteiger partial charge in [0.25, 0.3) is 5.91 Å². The highest BCUT2D eigenvalue weighted by atomic mass is 16.5. The van der Waals surface area contributed by atoms with Crippen LogP contribution in [0, 0.1) is 0 Å². The van der Waals surface area contributed by atoms with Crippen molar-refractivity contribution in [2.75, 3.05) is 66.6 Å². The number of nitrogens with one attached hydrogen (secondary N) is 1. The van der Waals surface area contributed by atoms with Gasteiger partial charge in [-0.3, -0.25) is 19.3 Å². The number of hydrogen-bond donors (Lipinski definition) is 1. The van der Waals surface area contributed by atoms with Crippen molar-refractivity contribution in [1.29, 1.82) is 0 Å². The predicted octanol–water partition coefficient (Wildman–Crippen LogP) is 8.57. The molecule has 1 N–H and O–H groups in total. The van der Waals surface area contributed by atoms with Crippen LogP contribution in [0.1, 0.15) is 154 Å². The minimum Gasteiger partial charge on any atom is -0.497 e. The van der Waals surface area contributed by atoms with Gasteiger partial charge in [0.1, 0.15) is 11.8 Å². The molecule has 1 aliphatic heterocycles. The molecule has 9 heteroatoms. The first-order valence-corrected chi connectivity index (χ1v) is 21.6. The van der Waals surface area contributed by atoms with Crippen LogP contribution in [0.15, 0.2) is 24.3 Å². The average Bonchev–Trinajstić information content (AvgIpc) is 3.17. The van der Waals surface area contributed by atoms with Crippen LogP contribution in [0.25, 0.3) is 0 Å². The Morgan fingerprint density at radius 1 is 0.736 bits per heavy atom. The molecule has 0 saturated carbocycles. The van der Waals surface area contributed by atoms with E-state index in [1.54, 1.807) is 12.0 Å². The number of ether oxygens (including phenoxy) is 2. The topological polar surface area (TPSA) is 91.4 Å². The van der Waals surface area contributed by atoms with Crippen LogP contribution in [0.3, 0.4) is 0 Å². The zero-order chi connectivity index (χ0) is 38.4. The number of carbonyl (C=O) groups is 3. The molecule has 2 amide bonds. The number of benzene rings is 1. The smallest absolute Gasteiger partial charge is 0.306 e. The van der Waals surface area contributed by atoms with Crippen molar-refractivity contribution in [2.45, 2.75) is 161 Å². The van der Waals surface area contributed by atoms with E-state index in [4.69, 9.17) is 9.47 Å². The fraction of sp³-hybridized carbons (Fsp3) is 0.795. The van der Waals surface area contributed by atoms with Crippen molar-refractivity contribution < 1.29 is 23.9 Å². The Balaban J connectivity index is 1.91. The second kappa shape index (κ2) is 30.7. The number of esters is 1. The molecule has 0 aromatic heterocycles. The Labute approximate surface area is 324 Å². The van der Waals surface area contributed by atoms with Crippen molar-refractivity contribution in [3.8, 4) is 5.75 Å². The summed E-state index contributed by atoms with van der Waals surface area (Å²) >= 11 is 0. The van der Waals surface area contributed by atoms with Crippen LogP contribution in [0.4, 0.5) is 0 Å². The van der Waals surface area contributed by atoms with Gasteiger partial charge < -0.3 is 24.6 Å². The largest absolute Gasteiger partial charge is 0.497 e. The first kappa shape index (κ1) is 46.5. The first-order valence-electron chi connectivity index (χ1n) is 21.6. The summed E-state index contributed by atoms with van der Waals surface area (Å²) in [5.41, 5.74) is 1.11. The zero-order valence-corrected chi connectivity index (χ0v) is 34.5. The van der Waals surface area contributed by atoms with Gasteiger partial charge in [0.05, 0.1) is 7.11 Å². The molecule has 1 fully saturated rings. The van der Waals surface area contributed by atoms with Gasteiger partial charge in [0.2, 0.25) is 5.91 Å². The minimum absolute atomic E-state index is 0.128. The molecular weight excluding hydrogens is 665 g/mol. The van der Waals surface area contributed by atoms with Gasteiger partial charge in [-0.25, -0.2) is 0 Å². The molecule has 0 spiro atoms. The summed E-state index contributed by atoms with van der Waals surface area (Å²) in [7, 11) is 3.78. The molecule has 9 nitrogen and oxygen atoms in total. The van der Waals surface area contributed by atoms with E-state index in [-0.39, 0.29) is 24.4 Å². The van der Waals surface area contributed by atoms with Gasteiger partial charge in [-0.2, -0.15) is 0 Å². The SMILES string of the molecule is CCCCCCCCCCCCCCCC(=O)OCC(=O)N(CCN1CCN(C)CC1)C(CCCCCCCC)C(=O)NCCc1ccc(OC)cc1. The molecule has 1 aromatic carbocycles. The first-order chi connectivity index (χ1) is 25.9. The Morgan fingerprint density at radius 2 is 1.26 bits per heavy atom. The van der Waals surface area contributed by atoms with Crippen molar-refractivity contribution in [1.82, 2.24) is 20.0 Å². The molecule has 53 heavy (non-hydrogen) atoms. The lowest BCUT2D eigenvalue weighted by Gasteiger charge is -2.36. The highest BCUT2D eigenvalue weighted by Crippen LogP contribution is 2.17. The normalized spacial score (nSPS) is 14.2. The van der Waals surface area contributed by atoms with Gasteiger partial charge >= 0.3 is 5.97 Å². The van der Waals surface area contributed by atoms with Crippen molar-refractivity contribution >= 4 is 17.8 Å². The van der Waals surface area contributed by atoms with E-state index in [1.807, 2.05) is 24.3 Å². The molecule has 304 valence electrons. The van der Waals surface area contributed by atoms with Crippen molar-refractivity contribution in [3.05, 3.63) is 29.8 Å². The highest BCUT2D eigenvalue weighted by molar-refractivity contribution is 5.88. The van der Waals surface area contributed by atoms with Crippen LogP contribution < -0.4 is 10.1 Å². The number of carbonyl (C=O) groups excluding carboxylic acids is 3. The third-order valence-corrected chi connectivity index (χ3v) is 10.8. The fourth-order valence-electron chi connectivity index (χ4n) is 7.15. The summed E-state index contributed by atoms with van der Waals surface area (Å²) in [6.07, 6.45) is 24.5. The Hall–Kier alpha value is -2.65. The fourth-order valence-corrected chi connectivity index (χ4v) is 7.15. The van der Waals surface area contributed by atoms with Gasteiger partial charge in [-0.1, -0.05) is 142 Å². The third kappa shape index (κ3) is 22.4. The molecule has 0 bridgehead atoms. The Bertz CT molecular complexity index is 1080. The number of methoxy groups -OCH3 is 1. The summed E-state index contributed by atoms with van der Waals surface area (Å²) < 4.78 is 10.8. The van der Waals surface area contributed by atoms with E-state index in [9.17, 15) is 14.4 Å². The van der Waals surface area contributed by atoms with E-state index in [0.717, 1.165) is 76.0 Å². The second-order valence-corrected chi connectivity index (χ2v) is 15.3. The van der Waals surface area contributed by atoms with Gasteiger partial charge in [-0.05, 0) is 44.0 Å². The van der Waals surface area contributed by atoms with Crippen LogP contribution in [0.2, 0.25) is 0 Å². The van der Waals surface area contributed by atoms with Gasteiger partial charge in [0.15, 0.2) is 6.61 Å². The van der Waals surface area contributed by atoms with Crippen LogP contribution >= 0.6 is 0 Å². The maximum absolute atomic E-state index is 13.9. The number of amides is 2. The number of nitrogens with zero attached hydrogens (tertiary/aromatic N) is 3. The molecular formula is C44H78N4O5. The lowest BCUT2D eigenvalue weighted by Crippen LogP contribution is -2.54. The molecule has 2 rings (SSSR count). The number of hydrogen-bond acceptors (Lipinski definition) is 7. The average molecular weight is 743 g/mol. The predicted molar refractivity (Wildman–Crippen MR) is 218 cm³/mol. The monoisotopic (exact) mass is 743 g/mol. The molecule has 0 radical (unpaired) electrons. The number of unbranched alkanes of at least 4 members (excludes halogenated alkanes) is 17. The van der Waals surface area contributed by atoms with E-state index in [0.29, 0.717) is 38.9 Å². The third-order valence-electron chi connectivity index (χ3n) is 10.8. The highest BCUT2D eigenvalue weighted by Gasteiger charge is 2.30. The number of piperazine rings is 1. The second-order valence-electron chi connectivity index (χ2n) is 15.3. The standard InChI is InChI=1S/C44H78N4O5/c1-5-7-9-11-13-14-15-16-17-18-19-21-23-25-43(50)53-38-42(49)48(37-36-47-34-32-46(3)33-35-47)41(24-22-20-12-10-8-6-2)44(51)45-31-30-39-26-28-40(52-4)29-27-39/h26-29,41H,5-25,30-38H2,1-4H3,(H,45,51). The van der Waals surface area contributed by atoms with E-state index in [1.165, 1.54) is 83.5 Å². The molecule has 1 saturated heterocycles. The van der Waals surface area contributed by atoms with Crippen LogP contribution in [-0.2, 0) is 25.5 Å². The molecule has 1 aliphatic rings. The van der Waals surface area contributed by atoms with Crippen LogP contribution in [0.5, 0.6) is 5.75 Å². The number of likely N-dealkylation sites (N-methyl/N-ethyl adjacent to an activating group) is 1. The molecule has 1 atom stereocenters. The molecule has 0 aliphatic carbocycles. The lowest BCUT2D eigenvalue weighted by molar-refractivity contribution is -0.154. The van der Waals surface area contributed by atoms with E-state index in [2.05, 4.69) is 36.0 Å². The summed E-state index contributed by atoms with van der Waals surface area (Å²) in [6.45, 7) is 9.60. The summed E-state index contributed by atoms with van der Waals surface area (Å²) in [6, 6.07) is 7.28. The zero-order valence-electron chi connectivity index (χ0n) is 34.5. The molecule has 1 unspecified atom stereocenters. The quantitative estimate of drug-likeness (QED) is 0.0585. The van der Waals surface area contributed by atoms with E-state index >= 15 is 0 Å². The molecule has 1 aromatic rings. The summed E-state index contributed by atoms with van der Waals surface area (Å²) in [5.74, 6) is 0.0735. The van der Waals surface area contributed by atoms with Gasteiger partial charge in [0, 0.05) is 52.2 Å². The Kier molecular flexibility index (Phi) is 26.9. The van der Waals surface area contributed by atoms with E-state index < -0.39 is 6.04 Å². The Morgan fingerprint density at radius 3 is 1.81 bits per heavy atom.